The molecule has 2 rings (SSSR count). The van der Waals surface area contributed by atoms with Crippen LogP contribution in [0.25, 0.3) is 0 Å². The Morgan fingerprint density at radius 1 is 1.62 bits per heavy atom. The summed E-state index contributed by atoms with van der Waals surface area (Å²) in [5, 5.41) is 17.9. The van der Waals surface area contributed by atoms with E-state index in [0.29, 0.717) is 5.88 Å². The summed E-state index contributed by atoms with van der Waals surface area (Å²) >= 11 is 0. The molecule has 0 saturated carbocycles. The number of aliphatic hydroxyl groups excluding tert-OH is 1. The molecule has 0 spiro atoms. The van der Waals surface area contributed by atoms with Gasteiger partial charge < -0.3 is 15.2 Å². The number of nitrogens with zero attached hydrogens (tertiary/aromatic N) is 2. The number of aromatic nitrogens is 2. The number of nitrogens with one attached hydrogen (secondary N) is 1. The predicted molar refractivity (Wildman–Crippen MR) is 60.5 cm³/mol. The van der Waals surface area contributed by atoms with Gasteiger partial charge in [0.2, 0.25) is 5.88 Å². The first-order valence-corrected chi connectivity index (χ1v) is 5.64. The van der Waals surface area contributed by atoms with Crippen LogP contribution in [0.2, 0.25) is 0 Å². The zero-order chi connectivity index (χ0) is 11.7. The zero-order valence-electron chi connectivity index (χ0n) is 10.0. The van der Waals surface area contributed by atoms with Crippen molar-refractivity contribution >= 4 is 0 Å². The third-order valence-electron chi connectivity index (χ3n) is 3.18. The van der Waals surface area contributed by atoms with E-state index >= 15 is 0 Å². The van der Waals surface area contributed by atoms with Crippen molar-refractivity contribution in [2.75, 3.05) is 13.7 Å². The lowest BCUT2D eigenvalue weighted by atomic mass is 10.0. The zero-order valence-corrected chi connectivity index (χ0v) is 10.0. The highest BCUT2D eigenvalue weighted by atomic mass is 16.5. The van der Waals surface area contributed by atoms with Gasteiger partial charge in [0.15, 0.2) is 0 Å². The minimum absolute atomic E-state index is 0.122. The fourth-order valence-electron chi connectivity index (χ4n) is 2.42. The quantitative estimate of drug-likeness (QED) is 0.787. The van der Waals surface area contributed by atoms with E-state index in [4.69, 9.17) is 4.74 Å². The van der Waals surface area contributed by atoms with Crippen molar-refractivity contribution in [3.63, 3.8) is 0 Å². The Kier molecular flexibility index (Phi) is 3.16. The molecule has 1 aliphatic heterocycles. The van der Waals surface area contributed by atoms with E-state index in [1.807, 2.05) is 14.0 Å². The van der Waals surface area contributed by atoms with E-state index in [1.54, 1.807) is 11.8 Å². The molecule has 0 amide bonds. The van der Waals surface area contributed by atoms with E-state index in [2.05, 4.69) is 10.4 Å². The molecule has 1 aromatic rings. The van der Waals surface area contributed by atoms with Gasteiger partial charge in [-0.1, -0.05) is 0 Å². The van der Waals surface area contributed by atoms with Crippen LogP contribution in [0.4, 0.5) is 0 Å². The lowest BCUT2D eigenvalue weighted by Crippen LogP contribution is -2.29. The van der Waals surface area contributed by atoms with Gasteiger partial charge in [-0.25, -0.2) is 4.68 Å². The van der Waals surface area contributed by atoms with Crippen LogP contribution in [-0.2, 0) is 7.05 Å². The average Bonchev–Trinajstić information content (AvgIpc) is 2.84. The second-order valence-corrected chi connectivity index (χ2v) is 4.28. The van der Waals surface area contributed by atoms with Gasteiger partial charge in [0, 0.05) is 13.1 Å². The first-order chi connectivity index (χ1) is 7.65. The van der Waals surface area contributed by atoms with Crippen LogP contribution in [0, 0.1) is 6.92 Å². The number of methoxy groups -OCH3 is 1. The largest absolute Gasteiger partial charge is 0.481 e. The Balaban J connectivity index is 2.30. The summed E-state index contributed by atoms with van der Waals surface area (Å²) in [7, 11) is 3.43. The number of hydrogen-bond acceptors (Lipinski definition) is 4. The minimum Gasteiger partial charge on any atom is -0.481 e. The molecular formula is C11H19N3O2. The molecule has 16 heavy (non-hydrogen) atoms. The average molecular weight is 225 g/mol. The molecule has 2 heterocycles. The molecule has 0 radical (unpaired) electrons. The van der Waals surface area contributed by atoms with E-state index < -0.39 is 6.10 Å². The van der Waals surface area contributed by atoms with E-state index in [9.17, 15) is 5.11 Å². The fraction of sp³-hybridized carbons (Fsp3) is 0.727. The molecular weight excluding hydrogens is 206 g/mol. The van der Waals surface area contributed by atoms with E-state index in [1.165, 1.54) is 0 Å². The van der Waals surface area contributed by atoms with Crippen molar-refractivity contribution in [3.8, 4) is 5.88 Å². The molecule has 5 heteroatoms. The third kappa shape index (κ3) is 1.81. The van der Waals surface area contributed by atoms with Crippen LogP contribution < -0.4 is 10.1 Å². The topological polar surface area (TPSA) is 59.3 Å². The SMILES string of the molecule is COc1c(C(O)C2CCCN2)c(C)nn1C. The van der Waals surface area contributed by atoms with Crippen molar-refractivity contribution < 1.29 is 9.84 Å². The molecule has 2 unspecified atom stereocenters. The molecule has 0 aromatic carbocycles. The normalized spacial score (nSPS) is 22.4. The number of rotatable bonds is 3. The molecule has 1 saturated heterocycles. The van der Waals surface area contributed by atoms with E-state index in [0.717, 1.165) is 30.6 Å². The summed E-state index contributed by atoms with van der Waals surface area (Å²) in [4.78, 5) is 0. The van der Waals surface area contributed by atoms with Gasteiger partial charge >= 0.3 is 0 Å². The fourth-order valence-corrected chi connectivity index (χ4v) is 2.42. The lowest BCUT2D eigenvalue weighted by molar-refractivity contribution is 0.133. The van der Waals surface area contributed by atoms with Crippen molar-refractivity contribution in [2.24, 2.45) is 7.05 Å². The highest BCUT2D eigenvalue weighted by Crippen LogP contribution is 2.32. The van der Waals surface area contributed by atoms with Gasteiger partial charge in [0.05, 0.1) is 18.4 Å². The molecule has 1 fully saturated rings. The lowest BCUT2D eigenvalue weighted by Gasteiger charge is -2.18. The summed E-state index contributed by atoms with van der Waals surface area (Å²) in [6.07, 6.45) is 1.58. The molecule has 5 nitrogen and oxygen atoms in total. The van der Waals surface area contributed by atoms with Crippen LogP contribution in [0.3, 0.4) is 0 Å². The monoisotopic (exact) mass is 225 g/mol. The van der Waals surface area contributed by atoms with Gasteiger partial charge in [0.1, 0.15) is 6.10 Å². The maximum Gasteiger partial charge on any atom is 0.217 e. The number of ether oxygens (including phenoxy) is 1. The van der Waals surface area contributed by atoms with Gasteiger partial charge in [-0.3, -0.25) is 0 Å². The number of hydrogen-bond donors (Lipinski definition) is 2. The summed E-state index contributed by atoms with van der Waals surface area (Å²) in [6, 6.07) is 0.122. The van der Waals surface area contributed by atoms with Gasteiger partial charge in [-0.2, -0.15) is 5.10 Å². The maximum absolute atomic E-state index is 10.3. The van der Waals surface area contributed by atoms with Crippen LogP contribution in [-0.4, -0.2) is 34.6 Å². The first kappa shape index (κ1) is 11.4. The molecule has 0 bridgehead atoms. The van der Waals surface area contributed by atoms with Crippen LogP contribution >= 0.6 is 0 Å². The van der Waals surface area contributed by atoms with Gasteiger partial charge in [0.25, 0.3) is 0 Å². The predicted octanol–water partition coefficient (Wildman–Crippen LogP) is 0.523. The minimum atomic E-state index is -0.536. The van der Waals surface area contributed by atoms with Gasteiger partial charge in [-0.15, -0.1) is 0 Å². The van der Waals surface area contributed by atoms with Crippen LogP contribution in [0.1, 0.15) is 30.2 Å². The Morgan fingerprint density at radius 3 is 2.94 bits per heavy atom. The summed E-state index contributed by atoms with van der Waals surface area (Å²) in [5.74, 6) is 0.652. The van der Waals surface area contributed by atoms with Crippen LogP contribution in [0.5, 0.6) is 5.88 Å². The third-order valence-corrected chi connectivity index (χ3v) is 3.18. The first-order valence-electron chi connectivity index (χ1n) is 5.64. The second-order valence-electron chi connectivity index (χ2n) is 4.28. The molecule has 90 valence electrons. The number of aliphatic hydroxyl groups is 1. The molecule has 2 N–H and O–H groups in total. The van der Waals surface area contributed by atoms with Crippen molar-refractivity contribution in [2.45, 2.75) is 31.9 Å². The Bertz CT molecular complexity index is 370. The van der Waals surface area contributed by atoms with Crippen molar-refractivity contribution in [1.29, 1.82) is 0 Å². The number of aryl methyl sites for hydroxylation is 2. The maximum atomic E-state index is 10.3. The van der Waals surface area contributed by atoms with Gasteiger partial charge in [-0.05, 0) is 26.3 Å². The van der Waals surface area contributed by atoms with Crippen molar-refractivity contribution in [3.05, 3.63) is 11.3 Å². The highest BCUT2D eigenvalue weighted by Gasteiger charge is 2.30. The summed E-state index contributed by atoms with van der Waals surface area (Å²) in [6.45, 7) is 2.87. The summed E-state index contributed by atoms with van der Waals surface area (Å²) in [5.41, 5.74) is 1.64. The molecule has 1 aliphatic rings. The molecule has 2 atom stereocenters. The van der Waals surface area contributed by atoms with Crippen LogP contribution in [0.15, 0.2) is 0 Å². The second kappa shape index (κ2) is 4.43. The Labute approximate surface area is 95.4 Å². The summed E-state index contributed by atoms with van der Waals surface area (Å²) < 4.78 is 6.96. The van der Waals surface area contributed by atoms with Crippen molar-refractivity contribution in [1.82, 2.24) is 15.1 Å². The Morgan fingerprint density at radius 2 is 2.38 bits per heavy atom. The molecule has 1 aromatic heterocycles. The van der Waals surface area contributed by atoms with E-state index in [-0.39, 0.29) is 6.04 Å². The smallest absolute Gasteiger partial charge is 0.217 e. The standard InChI is InChI=1S/C11H19N3O2/c1-7-9(11(16-3)14(2)13-7)10(15)8-5-4-6-12-8/h8,10,12,15H,4-6H2,1-3H3. The molecule has 0 aliphatic carbocycles. The Hall–Kier alpha value is -1.07. The highest BCUT2D eigenvalue weighted by molar-refractivity contribution is 5.34.